The van der Waals surface area contributed by atoms with Crippen LogP contribution in [0.15, 0.2) is 54.7 Å². The lowest BCUT2D eigenvalue weighted by Crippen LogP contribution is -2.05. The van der Waals surface area contributed by atoms with Crippen LogP contribution in [0, 0.1) is 0 Å². The number of nitrogens with two attached hydrogens (primary N) is 1. The van der Waals surface area contributed by atoms with Crippen molar-refractivity contribution in [2.45, 2.75) is 12.4 Å². The maximum Gasteiger partial charge on any atom is 0.201 e. The second-order valence-corrected chi connectivity index (χ2v) is 5.77. The number of rotatable bonds is 3. The Morgan fingerprint density at radius 3 is 2.75 bits per heavy atom. The SMILES string of the molecule is Cl.Nc1nc2ccc(CCl)cc2n1Cc1cccc2cccnc12. The van der Waals surface area contributed by atoms with E-state index in [9.17, 15) is 0 Å². The van der Waals surface area contributed by atoms with Gasteiger partial charge >= 0.3 is 0 Å². The van der Waals surface area contributed by atoms with Crippen LogP contribution in [0.5, 0.6) is 0 Å². The molecule has 0 amide bonds. The Bertz CT molecular complexity index is 1010. The monoisotopic (exact) mass is 358 g/mol. The summed E-state index contributed by atoms with van der Waals surface area (Å²) in [7, 11) is 0. The van der Waals surface area contributed by atoms with Crippen molar-refractivity contribution < 1.29 is 0 Å². The zero-order valence-electron chi connectivity index (χ0n) is 12.8. The number of anilines is 1. The summed E-state index contributed by atoms with van der Waals surface area (Å²) in [6.45, 7) is 0.627. The lowest BCUT2D eigenvalue weighted by Gasteiger charge is -2.09. The Morgan fingerprint density at radius 2 is 1.92 bits per heavy atom. The third-order valence-corrected chi connectivity index (χ3v) is 4.35. The van der Waals surface area contributed by atoms with Crippen LogP contribution in [-0.4, -0.2) is 14.5 Å². The summed E-state index contributed by atoms with van der Waals surface area (Å²) in [6.07, 6.45) is 1.81. The third-order valence-electron chi connectivity index (χ3n) is 4.04. The van der Waals surface area contributed by atoms with Crippen LogP contribution in [0.4, 0.5) is 5.95 Å². The summed E-state index contributed by atoms with van der Waals surface area (Å²) >= 11 is 5.95. The van der Waals surface area contributed by atoms with E-state index in [0.29, 0.717) is 18.4 Å². The molecule has 2 aromatic carbocycles. The fourth-order valence-electron chi connectivity index (χ4n) is 2.90. The minimum atomic E-state index is 0. The molecule has 24 heavy (non-hydrogen) atoms. The smallest absolute Gasteiger partial charge is 0.201 e. The first-order chi connectivity index (χ1) is 11.3. The number of benzene rings is 2. The van der Waals surface area contributed by atoms with Gasteiger partial charge in [-0.3, -0.25) is 4.98 Å². The van der Waals surface area contributed by atoms with Crippen LogP contribution in [0.1, 0.15) is 11.1 Å². The highest BCUT2D eigenvalue weighted by Crippen LogP contribution is 2.24. The van der Waals surface area contributed by atoms with Crippen molar-refractivity contribution in [3.05, 3.63) is 65.9 Å². The number of nitrogens with zero attached hydrogens (tertiary/aromatic N) is 3. The van der Waals surface area contributed by atoms with Gasteiger partial charge in [-0.25, -0.2) is 4.98 Å². The molecule has 0 aliphatic rings. The number of aromatic nitrogens is 3. The largest absolute Gasteiger partial charge is 0.369 e. The van der Waals surface area contributed by atoms with Crippen LogP contribution in [0.3, 0.4) is 0 Å². The molecule has 0 aliphatic carbocycles. The van der Waals surface area contributed by atoms with E-state index in [1.807, 2.05) is 41.1 Å². The second-order valence-electron chi connectivity index (χ2n) is 5.51. The van der Waals surface area contributed by atoms with Crippen LogP contribution in [0.25, 0.3) is 21.9 Å². The van der Waals surface area contributed by atoms with E-state index in [0.717, 1.165) is 33.1 Å². The van der Waals surface area contributed by atoms with Crippen molar-refractivity contribution in [3.63, 3.8) is 0 Å². The molecule has 122 valence electrons. The molecule has 2 N–H and O–H groups in total. The van der Waals surface area contributed by atoms with E-state index >= 15 is 0 Å². The quantitative estimate of drug-likeness (QED) is 0.553. The van der Waals surface area contributed by atoms with E-state index in [2.05, 4.69) is 28.2 Å². The van der Waals surface area contributed by atoms with Gasteiger partial charge in [0.1, 0.15) is 0 Å². The molecule has 0 fully saturated rings. The summed E-state index contributed by atoms with van der Waals surface area (Å²) in [6, 6.07) is 16.2. The molecule has 2 aromatic heterocycles. The zero-order chi connectivity index (χ0) is 15.8. The summed E-state index contributed by atoms with van der Waals surface area (Å²) in [5, 5.41) is 1.12. The van der Waals surface area contributed by atoms with Crippen molar-refractivity contribution in [1.29, 1.82) is 0 Å². The number of pyridine rings is 1. The number of hydrogen-bond donors (Lipinski definition) is 1. The Hall–Kier alpha value is -2.30. The molecule has 4 aromatic rings. The van der Waals surface area contributed by atoms with Gasteiger partial charge in [-0.05, 0) is 29.3 Å². The molecule has 0 bridgehead atoms. The predicted molar refractivity (Wildman–Crippen MR) is 102 cm³/mol. The number of fused-ring (bicyclic) bond motifs is 2. The minimum Gasteiger partial charge on any atom is -0.369 e. The first-order valence-corrected chi connectivity index (χ1v) is 7.93. The average Bonchev–Trinajstić information content (AvgIpc) is 2.90. The molecule has 2 heterocycles. The number of halogens is 2. The highest BCUT2D eigenvalue weighted by Gasteiger charge is 2.11. The van der Waals surface area contributed by atoms with Gasteiger partial charge in [0.25, 0.3) is 0 Å². The van der Waals surface area contributed by atoms with Gasteiger partial charge < -0.3 is 10.3 Å². The maximum atomic E-state index is 6.14. The Morgan fingerprint density at radius 1 is 1.08 bits per heavy atom. The molecule has 0 saturated heterocycles. The lowest BCUT2D eigenvalue weighted by atomic mass is 10.1. The molecule has 4 nitrogen and oxygen atoms in total. The summed E-state index contributed by atoms with van der Waals surface area (Å²) in [5.41, 5.74) is 11.2. The van der Waals surface area contributed by atoms with Crippen molar-refractivity contribution in [2.75, 3.05) is 5.73 Å². The van der Waals surface area contributed by atoms with Gasteiger partial charge in [-0.2, -0.15) is 0 Å². The van der Waals surface area contributed by atoms with Gasteiger partial charge in [0.15, 0.2) is 0 Å². The molecular formula is C18H16Cl2N4. The molecule has 6 heteroatoms. The van der Waals surface area contributed by atoms with E-state index in [-0.39, 0.29) is 12.4 Å². The molecule has 0 aliphatic heterocycles. The van der Waals surface area contributed by atoms with E-state index < -0.39 is 0 Å². The first-order valence-electron chi connectivity index (χ1n) is 7.39. The summed E-state index contributed by atoms with van der Waals surface area (Å²) < 4.78 is 2.01. The van der Waals surface area contributed by atoms with E-state index in [1.165, 1.54) is 0 Å². The second kappa shape index (κ2) is 6.67. The zero-order valence-corrected chi connectivity index (χ0v) is 14.4. The van der Waals surface area contributed by atoms with Crippen molar-refractivity contribution in [3.8, 4) is 0 Å². The van der Waals surface area contributed by atoms with Gasteiger partial charge in [0.05, 0.1) is 23.1 Å². The number of nitrogen functional groups attached to an aromatic ring is 1. The topological polar surface area (TPSA) is 56.7 Å². The van der Waals surface area contributed by atoms with Crippen LogP contribution in [0.2, 0.25) is 0 Å². The number of hydrogen-bond acceptors (Lipinski definition) is 3. The van der Waals surface area contributed by atoms with Crippen molar-refractivity contribution in [2.24, 2.45) is 0 Å². The third kappa shape index (κ3) is 2.79. The standard InChI is InChI=1S/C18H15ClN4.ClH/c19-10-12-6-7-15-16(9-12)23(18(20)22-15)11-14-4-1-3-13-5-2-8-21-17(13)14;/h1-9H,10-11H2,(H2,20,22);1H. The Kier molecular flexibility index (Phi) is 4.60. The number of para-hydroxylation sites is 1. The molecular weight excluding hydrogens is 343 g/mol. The van der Waals surface area contributed by atoms with Gasteiger partial charge in [-0.15, -0.1) is 24.0 Å². The highest BCUT2D eigenvalue weighted by atomic mass is 35.5. The number of alkyl halides is 1. The van der Waals surface area contributed by atoms with Crippen molar-refractivity contribution >= 4 is 51.9 Å². The van der Waals surface area contributed by atoms with Crippen LogP contribution < -0.4 is 5.73 Å². The molecule has 0 unspecified atom stereocenters. The van der Waals surface area contributed by atoms with Crippen LogP contribution >= 0.6 is 24.0 Å². The molecule has 0 saturated carbocycles. The Labute approximate surface area is 150 Å². The first kappa shape index (κ1) is 16.6. The van der Waals surface area contributed by atoms with Gasteiger partial charge in [0.2, 0.25) is 5.95 Å². The van der Waals surface area contributed by atoms with Gasteiger partial charge in [-0.1, -0.05) is 30.3 Å². The molecule has 4 rings (SSSR count). The summed E-state index contributed by atoms with van der Waals surface area (Å²) in [4.78, 5) is 8.95. The predicted octanol–water partition coefficient (Wildman–Crippen LogP) is 4.38. The lowest BCUT2D eigenvalue weighted by molar-refractivity contribution is 0.842. The Balaban J connectivity index is 0.00000169. The van der Waals surface area contributed by atoms with Crippen LogP contribution in [-0.2, 0) is 12.4 Å². The van der Waals surface area contributed by atoms with E-state index in [1.54, 1.807) is 0 Å². The molecule has 0 radical (unpaired) electrons. The number of imidazole rings is 1. The fourth-order valence-corrected chi connectivity index (χ4v) is 3.07. The minimum absolute atomic E-state index is 0. The highest BCUT2D eigenvalue weighted by molar-refractivity contribution is 6.17. The molecule has 0 atom stereocenters. The van der Waals surface area contributed by atoms with Gasteiger partial charge in [0, 0.05) is 17.5 Å². The average molecular weight is 359 g/mol. The molecule has 0 spiro atoms. The fraction of sp³-hybridized carbons (Fsp3) is 0.111. The van der Waals surface area contributed by atoms with E-state index in [4.69, 9.17) is 17.3 Å². The normalized spacial score (nSPS) is 10.9. The maximum absolute atomic E-state index is 6.14. The summed E-state index contributed by atoms with van der Waals surface area (Å²) in [5.74, 6) is 0.969. The van der Waals surface area contributed by atoms with Crippen molar-refractivity contribution in [1.82, 2.24) is 14.5 Å².